The molecule has 6 nitrogen and oxygen atoms in total. The molecule has 7 heteroatoms. The zero-order chi connectivity index (χ0) is 17.4. The first-order valence-electron chi connectivity index (χ1n) is 7.05. The molecule has 0 aliphatic carbocycles. The molecule has 0 aromatic heterocycles. The van der Waals surface area contributed by atoms with Gasteiger partial charge in [-0.2, -0.15) is 0 Å². The van der Waals surface area contributed by atoms with Crippen LogP contribution in [0, 0.1) is 0 Å². The van der Waals surface area contributed by atoms with Crippen LogP contribution in [0.2, 0.25) is 5.02 Å². The number of nitrogens with zero attached hydrogens (tertiary/aromatic N) is 1. The number of benzene rings is 2. The molecule has 0 saturated heterocycles. The number of carbonyl (C=O) groups excluding carboxylic acids is 1. The van der Waals surface area contributed by atoms with Crippen molar-refractivity contribution in [2.45, 2.75) is 0 Å². The zero-order valence-corrected chi connectivity index (χ0v) is 13.7. The summed E-state index contributed by atoms with van der Waals surface area (Å²) in [6.45, 7) is 0.241. The van der Waals surface area contributed by atoms with Crippen molar-refractivity contribution in [3.05, 3.63) is 58.6 Å². The first kappa shape index (κ1) is 17.6. The Labute approximate surface area is 144 Å². The molecule has 0 bridgehead atoms. The van der Waals surface area contributed by atoms with Gasteiger partial charge in [0.15, 0.2) is 11.5 Å². The molecule has 0 unspecified atom stereocenters. The van der Waals surface area contributed by atoms with E-state index in [0.717, 1.165) is 0 Å². The summed E-state index contributed by atoms with van der Waals surface area (Å²) in [4.78, 5) is 11.8. The first-order chi connectivity index (χ1) is 11.6. The number of rotatable bonds is 7. The second-order valence-electron chi connectivity index (χ2n) is 4.65. The monoisotopic (exact) mass is 349 g/mol. The van der Waals surface area contributed by atoms with Gasteiger partial charge in [0.1, 0.15) is 13.2 Å². The highest BCUT2D eigenvalue weighted by Crippen LogP contribution is 2.27. The van der Waals surface area contributed by atoms with Gasteiger partial charge in [-0.25, -0.2) is 4.79 Å². The molecule has 2 rings (SSSR count). The molecule has 0 amide bonds. The van der Waals surface area contributed by atoms with Gasteiger partial charge >= 0.3 is 5.97 Å². The Morgan fingerprint density at radius 3 is 2.75 bits per heavy atom. The van der Waals surface area contributed by atoms with Gasteiger partial charge in [0.05, 0.1) is 18.9 Å². The van der Waals surface area contributed by atoms with E-state index in [2.05, 4.69) is 5.16 Å². The fourth-order valence-corrected chi connectivity index (χ4v) is 2.13. The van der Waals surface area contributed by atoms with Gasteiger partial charge in [-0.1, -0.05) is 22.8 Å². The molecule has 0 aliphatic rings. The quantitative estimate of drug-likeness (QED) is 0.272. The topological polar surface area (TPSA) is 77.3 Å². The van der Waals surface area contributed by atoms with Crippen LogP contribution in [0.15, 0.2) is 47.6 Å². The van der Waals surface area contributed by atoms with E-state index in [9.17, 15) is 4.79 Å². The van der Waals surface area contributed by atoms with Gasteiger partial charge in [0, 0.05) is 10.6 Å². The molecule has 24 heavy (non-hydrogen) atoms. The van der Waals surface area contributed by atoms with Gasteiger partial charge in [0.2, 0.25) is 0 Å². The summed E-state index contributed by atoms with van der Waals surface area (Å²) in [5.41, 5.74) is 1.04. The minimum Gasteiger partial charge on any atom is -0.493 e. The third kappa shape index (κ3) is 4.89. The van der Waals surface area contributed by atoms with Crippen LogP contribution >= 0.6 is 11.6 Å². The summed E-state index contributed by atoms with van der Waals surface area (Å²) in [5, 5.41) is 12.0. The predicted molar refractivity (Wildman–Crippen MR) is 89.6 cm³/mol. The molecular weight excluding hydrogens is 334 g/mol. The summed E-state index contributed by atoms with van der Waals surface area (Å²) in [6.07, 6.45) is 1.28. The van der Waals surface area contributed by atoms with E-state index in [1.165, 1.54) is 19.4 Å². The molecule has 0 spiro atoms. The Morgan fingerprint density at radius 1 is 1.21 bits per heavy atom. The number of carbonyl (C=O) groups is 1. The molecule has 2 aromatic rings. The van der Waals surface area contributed by atoms with E-state index < -0.39 is 5.97 Å². The lowest BCUT2D eigenvalue weighted by Crippen LogP contribution is -2.12. The van der Waals surface area contributed by atoms with Crippen LogP contribution in [0.3, 0.4) is 0 Å². The highest BCUT2D eigenvalue weighted by atomic mass is 35.5. The van der Waals surface area contributed by atoms with E-state index in [4.69, 9.17) is 31.0 Å². The average Bonchev–Trinajstić information content (AvgIpc) is 2.59. The van der Waals surface area contributed by atoms with E-state index in [-0.39, 0.29) is 13.2 Å². The molecule has 0 fully saturated rings. The first-order valence-corrected chi connectivity index (χ1v) is 7.43. The Kier molecular flexibility index (Phi) is 6.45. The van der Waals surface area contributed by atoms with Crippen molar-refractivity contribution in [1.29, 1.82) is 0 Å². The lowest BCUT2D eigenvalue weighted by Gasteiger charge is -2.11. The molecule has 126 valence electrons. The smallest absolute Gasteiger partial charge is 0.338 e. The fraction of sp³-hybridized carbons (Fsp3) is 0.176. The van der Waals surface area contributed by atoms with Crippen molar-refractivity contribution in [2.24, 2.45) is 5.16 Å². The van der Waals surface area contributed by atoms with Gasteiger partial charge in [-0.05, 0) is 36.4 Å². The van der Waals surface area contributed by atoms with E-state index >= 15 is 0 Å². The Bertz CT molecular complexity index is 733. The molecule has 0 atom stereocenters. The van der Waals surface area contributed by atoms with E-state index in [0.29, 0.717) is 27.6 Å². The molecule has 1 N–H and O–H groups in total. The molecular formula is C17H16ClNO5. The van der Waals surface area contributed by atoms with Crippen molar-refractivity contribution in [2.75, 3.05) is 20.3 Å². The van der Waals surface area contributed by atoms with Crippen LogP contribution in [0.5, 0.6) is 11.5 Å². The number of ether oxygens (including phenoxy) is 3. The number of hydrogen-bond donors (Lipinski definition) is 1. The highest BCUT2D eigenvalue weighted by molar-refractivity contribution is 6.30. The maximum Gasteiger partial charge on any atom is 0.338 e. The number of hydrogen-bond acceptors (Lipinski definition) is 6. The maximum absolute atomic E-state index is 11.8. The molecule has 0 aliphatic heterocycles. The number of halogens is 1. The Balaban J connectivity index is 1.87. The van der Waals surface area contributed by atoms with Gasteiger partial charge in [-0.3, -0.25) is 0 Å². The number of esters is 1. The molecule has 0 radical (unpaired) electrons. The largest absolute Gasteiger partial charge is 0.493 e. The normalized spacial score (nSPS) is 10.6. The minimum atomic E-state index is -0.470. The van der Waals surface area contributed by atoms with Crippen LogP contribution in [-0.4, -0.2) is 37.7 Å². The predicted octanol–water partition coefficient (Wildman–Crippen LogP) is 3.39. The maximum atomic E-state index is 11.8. The van der Waals surface area contributed by atoms with Crippen LogP contribution in [-0.2, 0) is 4.74 Å². The fourth-order valence-electron chi connectivity index (χ4n) is 1.94. The van der Waals surface area contributed by atoms with Crippen LogP contribution in [0.4, 0.5) is 0 Å². The summed E-state index contributed by atoms with van der Waals surface area (Å²) < 4.78 is 15.9. The highest BCUT2D eigenvalue weighted by Gasteiger charge is 2.09. The van der Waals surface area contributed by atoms with Gasteiger partial charge < -0.3 is 19.4 Å². The Morgan fingerprint density at radius 2 is 2.04 bits per heavy atom. The van der Waals surface area contributed by atoms with Crippen LogP contribution in [0.1, 0.15) is 15.9 Å². The summed E-state index contributed by atoms with van der Waals surface area (Å²) >= 11 is 5.83. The molecule has 0 heterocycles. The van der Waals surface area contributed by atoms with Crippen molar-refractivity contribution in [1.82, 2.24) is 0 Å². The third-order valence-corrected chi connectivity index (χ3v) is 3.26. The zero-order valence-electron chi connectivity index (χ0n) is 12.9. The van der Waals surface area contributed by atoms with Crippen LogP contribution in [0.25, 0.3) is 0 Å². The standard InChI is InChI=1S/C17H16ClNO5/c1-22-16-9-12(11-19-21)5-6-15(16)23-7-8-24-17(20)13-3-2-4-14(18)10-13/h2-6,9-11,21H,7-8H2,1H3. The second kappa shape index (κ2) is 8.79. The van der Waals surface area contributed by atoms with Gasteiger partial charge in [0.25, 0.3) is 0 Å². The minimum absolute atomic E-state index is 0.0777. The van der Waals surface area contributed by atoms with Gasteiger partial charge in [-0.15, -0.1) is 0 Å². The van der Waals surface area contributed by atoms with Crippen molar-refractivity contribution >= 4 is 23.8 Å². The second-order valence-corrected chi connectivity index (χ2v) is 5.09. The lowest BCUT2D eigenvalue weighted by atomic mass is 10.2. The summed E-state index contributed by atoms with van der Waals surface area (Å²) in [6, 6.07) is 11.6. The summed E-state index contributed by atoms with van der Waals surface area (Å²) in [5.74, 6) is 0.502. The lowest BCUT2D eigenvalue weighted by molar-refractivity contribution is 0.0449. The third-order valence-electron chi connectivity index (χ3n) is 3.03. The molecule has 0 saturated carbocycles. The molecule has 2 aromatic carbocycles. The van der Waals surface area contributed by atoms with Crippen molar-refractivity contribution in [3.8, 4) is 11.5 Å². The Hall–Kier alpha value is -2.73. The average molecular weight is 350 g/mol. The summed E-state index contributed by atoms with van der Waals surface area (Å²) in [7, 11) is 1.50. The SMILES string of the molecule is COc1cc(C=NO)ccc1OCCOC(=O)c1cccc(Cl)c1. The van der Waals surface area contributed by atoms with Crippen molar-refractivity contribution < 1.29 is 24.2 Å². The number of oxime groups is 1. The van der Waals surface area contributed by atoms with E-state index in [1.807, 2.05) is 0 Å². The van der Waals surface area contributed by atoms with E-state index in [1.54, 1.807) is 36.4 Å². The number of methoxy groups -OCH3 is 1. The van der Waals surface area contributed by atoms with Crippen molar-refractivity contribution in [3.63, 3.8) is 0 Å². The van der Waals surface area contributed by atoms with Crippen LogP contribution < -0.4 is 9.47 Å².